The predicted molar refractivity (Wildman–Crippen MR) is 101 cm³/mol. The van der Waals surface area contributed by atoms with E-state index in [0.29, 0.717) is 0 Å². The second-order valence-electron chi connectivity index (χ2n) is 5.73. The van der Waals surface area contributed by atoms with Crippen molar-refractivity contribution in [2.45, 2.75) is 25.5 Å². The molecular weight excluding hydrogens is 386 g/mol. The molecule has 0 aliphatic carbocycles. The second kappa shape index (κ2) is 8.36. The number of ether oxygens (including phenoxy) is 2. The fourth-order valence-electron chi connectivity index (χ4n) is 2.45. The first-order chi connectivity index (χ1) is 11.9. The van der Waals surface area contributed by atoms with E-state index >= 15 is 0 Å². The third-order valence-electron chi connectivity index (χ3n) is 3.86. The highest BCUT2D eigenvalue weighted by atomic mass is 79.9. The van der Waals surface area contributed by atoms with Gasteiger partial charge in [0.2, 0.25) is 0 Å². The fraction of sp³-hybridized carbons (Fsp3) is 0.316. The Balaban J connectivity index is 2.37. The Labute approximate surface area is 156 Å². The van der Waals surface area contributed by atoms with E-state index in [2.05, 4.69) is 21.2 Å². The minimum Gasteiger partial charge on any atom is -0.497 e. The topological polar surface area (TPSA) is 67.8 Å². The maximum Gasteiger partial charge on any atom is 0.340 e. The number of halogens is 1. The smallest absolute Gasteiger partial charge is 0.340 e. The number of carbonyl (C=O) groups is 1. The lowest BCUT2D eigenvalue weighted by atomic mass is 9.89. The molecule has 5 nitrogen and oxygen atoms in total. The van der Waals surface area contributed by atoms with E-state index in [9.17, 15) is 9.90 Å². The van der Waals surface area contributed by atoms with E-state index in [0.717, 1.165) is 21.5 Å². The molecule has 0 spiro atoms. The average Bonchev–Trinajstić information content (AvgIpc) is 2.61. The summed E-state index contributed by atoms with van der Waals surface area (Å²) in [6, 6.07) is 14.0. The fourth-order valence-corrected chi connectivity index (χ4v) is 2.72. The van der Waals surface area contributed by atoms with Gasteiger partial charge in [-0.25, -0.2) is 4.79 Å². The van der Waals surface area contributed by atoms with E-state index in [1.807, 2.05) is 36.4 Å². The normalized spacial score (nSPS) is 14.3. The van der Waals surface area contributed by atoms with E-state index < -0.39 is 17.6 Å². The van der Waals surface area contributed by atoms with Gasteiger partial charge in [0.05, 0.1) is 19.8 Å². The molecule has 2 N–H and O–H groups in total. The molecule has 0 radical (unpaired) electrons. The summed E-state index contributed by atoms with van der Waals surface area (Å²) >= 11 is 3.39. The van der Waals surface area contributed by atoms with E-state index in [1.54, 1.807) is 26.2 Å². The monoisotopic (exact) mass is 407 g/mol. The summed E-state index contributed by atoms with van der Waals surface area (Å²) in [7, 11) is 1.60. The predicted octanol–water partition coefficient (Wildman–Crippen LogP) is 3.93. The van der Waals surface area contributed by atoms with Gasteiger partial charge in [-0.05, 0) is 55.8 Å². The van der Waals surface area contributed by atoms with Crippen molar-refractivity contribution in [1.82, 2.24) is 0 Å². The van der Waals surface area contributed by atoms with Crippen molar-refractivity contribution in [3.8, 4) is 5.75 Å². The SMILES string of the molecule is CCOC(=O)[C@@](C)(O)[C@@H](Nc1ccc(OC)cc1)c1ccc(Br)cc1. The quantitative estimate of drug-likeness (QED) is 0.680. The summed E-state index contributed by atoms with van der Waals surface area (Å²) in [6.45, 7) is 3.36. The Morgan fingerprint density at radius 3 is 2.32 bits per heavy atom. The first-order valence-electron chi connectivity index (χ1n) is 7.94. The number of hydrogen-bond acceptors (Lipinski definition) is 5. The summed E-state index contributed by atoms with van der Waals surface area (Å²) in [6.07, 6.45) is 0. The molecule has 0 aromatic heterocycles. The van der Waals surface area contributed by atoms with Crippen LogP contribution in [0.5, 0.6) is 5.75 Å². The van der Waals surface area contributed by atoms with Gasteiger partial charge in [0.15, 0.2) is 5.60 Å². The molecule has 2 aromatic rings. The third kappa shape index (κ3) is 4.74. The van der Waals surface area contributed by atoms with Crippen LogP contribution in [0, 0.1) is 0 Å². The van der Waals surface area contributed by atoms with Gasteiger partial charge in [0, 0.05) is 10.2 Å². The summed E-state index contributed by atoms with van der Waals surface area (Å²) < 4.78 is 11.1. The lowest BCUT2D eigenvalue weighted by molar-refractivity contribution is -0.164. The maximum atomic E-state index is 12.3. The largest absolute Gasteiger partial charge is 0.497 e. The van der Waals surface area contributed by atoms with Crippen molar-refractivity contribution >= 4 is 27.6 Å². The van der Waals surface area contributed by atoms with Crippen LogP contribution in [0.15, 0.2) is 53.0 Å². The van der Waals surface area contributed by atoms with Crippen LogP contribution in [-0.2, 0) is 9.53 Å². The van der Waals surface area contributed by atoms with Crippen molar-refractivity contribution in [2.75, 3.05) is 19.0 Å². The number of rotatable bonds is 7. The highest BCUT2D eigenvalue weighted by Gasteiger charge is 2.42. The minimum atomic E-state index is -1.75. The minimum absolute atomic E-state index is 0.199. The first kappa shape index (κ1) is 19.3. The molecule has 0 aliphatic heterocycles. The van der Waals surface area contributed by atoms with Crippen molar-refractivity contribution < 1.29 is 19.4 Å². The van der Waals surface area contributed by atoms with Gasteiger partial charge in [-0.15, -0.1) is 0 Å². The molecule has 2 aromatic carbocycles. The first-order valence-corrected chi connectivity index (χ1v) is 8.73. The van der Waals surface area contributed by atoms with Gasteiger partial charge in [-0.1, -0.05) is 28.1 Å². The van der Waals surface area contributed by atoms with Crippen LogP contribution in [0.4, 0.5) is 5.69 Å². The molecule has 0 aliphatic rings. The number of aliphatic hydroxyl groups is 1. The van der Waals surface area contributed by atoms with E-state index in [-0.39, 0.29) is 6.61 Å². The molecule has 2 rings (SSSR count). The number of carbonyl (C=O) groups excluding carboxylic acids is 1. The van der Waals surface area contributed by atoms with Gasteiger partial charge in [-0.2, -0.15) is 0 Å². The van der Waals surface area contributed by atoms with Crippen LogP contribution in [0.25, 0.3) is 0 Å². The number of benzene rings is 2. The van der Waals surface area contributed by atoms with Gasteiger partial charge < -0.3 is 19.9 Å². The number of esters is 1. The highest BCUT2D eigenvalue weighted by molar-refractivity contribution is 9.10. The van der Waals surface area contributed by atoms with Crippen LogP contribution in [-0.4, -0.2) is 30.4 Å². The summed E-state index contributed by atoms with van der Waals surface area (Å²) in [5.41, 5.74) is -0.237. The Hall–Kier alpha value is -2.05. The van der Waals surface area contributed by atoms with E-state index in [1.165, 1.54) is 6.92 Å². The highest BCUT2D eigenvalue weighted by Crippen LogP contribution is 2.32. The standard InChI is InChI=1S/C19H22BrNO4/c1-4-25-18(22)19(2,23)17(13-5-7-14(20)8-6-13)21-15-9-11-16(24-3)12-10-15/h5-12,17,21,23H,4H2,1-3H3/t17-,19-/m0/s1. The molecular formula is C19H22BrNO4. The summed E-state index contributed by atoms with van der Waals surface area (Å²) in [5.74, 6) is 0.0480. The van der Waals surface area contributed by atoms with Crippen molar-refractivity contribution in [3.05, 3.63) is 58.6 Å². The zero-order chi connectivity index (χ0) is 18.4. The average molecular weight is 408 g/mol. The summed E-state index contributed by atoms with van der Waals surface area (Å²) in [5, 5.41) is 14.1. The van der Waals surface area contributed by atoms with Crippen LogP contribution in [0.2, 0.25) is 0 Å². The molecule has 0 saturated heterocycles. The third-order valence-corrected chi connectivity index (χ3v) is 4.38. The number of anilines is 1. The van der Waals surface area contributed by atoms with Crippen molar-refractivity contribution in [2.24, 2.45) is 0 Å². The molecule has 0 heterocycles. The molecule has 25 heavy (non-hydrogen) atoms. The van der Waals surface area contributed by atoms with Crippen LogP contribution in [0.1, 0.15) is 25.5 Å². The second-order valence-corrected chi connectivity index (χ2v) is 6.64. The molecule has 2 atom stereocenters. The lowest BCUT2D eigenvalue weighted by Crippen LogP contribution is -2.46. The van der Waals surface area contributed by atoms with Crippen LogP contribution in [0.3, 0.4) is 0 Å². The molecule has 0 bridgehead atoms. The van der Waals surface area contributed by atoms with Crippen LogP contribution >= 0.6 is 15.9 Å². The zero-order valence-corrected chi connectivity index (χ0v) is 16.0. The lowest BCUT2D eigenvalue weighted by Gasteiger charge is -2.32. The van der Waals surface area contributed by atoms with Gasteiger partial charge in [0.1, 0.15) is 5.75 Å². The Kier molecular flexibility index (Phi) is 6.45. The van der Waals surface area contributed by atoms with Crippen LogP contribution < -0.4 is 10.1 Å². The van der Waals surface area contributed by atoms with Crippen molar-refractivity contribution in [1.29, 1.82) is 0 Å². The molecule has 0 saturated carbocycles. The van der Waals surface area contributed by atoms with Gasteiger partial charge in [-0.3, -0.25) is 0 Å². The maximum absolute atomic E-state index is 12.3. The molecule has 6 heteroatoms. The van der Waals surface area contributed by atoms with Gasteiger partial charge in [0.25, 0.3) is 0 Å². The Morgan fingerprint density at radius 1 is 1.20 bits per heavy atom. The molecule has 134 valence electrons. The van der Waals surface area contributed by atoms with Crippen molar-refractivity contribution in [3.63, 3.8) is 0 Å². The zero-order valence-electron chi connectivity index (χ0n) is 14.5. The number of hydrogen-bond donors (Lipinski definition) is 2. The molecule has 0 unspecified atom stereocenters. The molecule has 0 amide bonds. The summed E-state index contributed by atoms with van der Waals surface area (Å²) in [4.78, 5) is 12.3. The Morgan fingerprint density at radius 2 is 1.80 bits per heavy atom. The van der Waals surface area contributed by atoms with E-state index in [4.69, 9.17) is 9.47 Å². The number of nitrogens with one attached hydrogen (secondary N) is 1. The number of methoxy groups -OCH3 is 1. The Bertz CT molecular complexity index is 698. The molecule has 0 fully saturated rings. The van der Waals surface area contributed by atoms with Gasteiger partial charge >= 0.3 is 5.97 Å².